The molecule has 27 heavy (non-hydrogen) atoms. The summed E-state index contributed by atoms with van der Waals surface area (Å²) in [6, 6.07) is 9.00. The molecule has 5 nitrogen and oxygen atoms in total. The molecule has 0 radical (unpaired) electrons. The Morgan fingerprint density at radius 2 is 1.93 bits per heavy atom. The van der Waals surface area contributed by atoms with Crippen molar-refractivity contribution < 1.29 is 4.74 Å². The van der Waals surface area contributed by atoms with E-state index in [-0.39, 0.29) is 6.10 Å². The lowest BCUT2D eigenvalue weighted by Gasteiger charge is -2.37. The molecule has 0 bridgehead atoms. The van der Waals surface area contributed by atoms with Crippen LogP contribution in [0.1, 0.15) is 35.6 Å². The second kappa shape index (κ2) is 10.2. The Balaban J connectivity index is 1.56. The molecular weight excluding hydrogens is 376 g/mol. The Kier molecular flexibility index (Phi) is 7.70. The first-order valence-electron chi connectivity index (χ1n) is 9.54. The molecule has 0 saturated carbocycles. The van der Waals surface area contributed by atoms with Crippen molar-refractivity contribution in [1.82, 2.24) is 15.5 Å². The molecule has 3 rings (SSSR count). The monoisotopic (exact) mass is 406 g/mol. The van der Waals surface area contributed by atoms with Crippen LogP contribution in [0.15, 0.2) is 40.0 Å². The van der Waals surface area contributed by atoms with Gasteiger partial charge in [0, 0.05) is 48.9 Å². The van der Waals surface area contributed by atoms with Gasteiger partial charge in [0.15, 0.2) is 5.96 Å². The zero-order chi connectivity index (χ0) is 19.1. The van der Waals surface area contributed by atoms with Crippen molar-refractivity contribution >= 4 is 28.6 Å². The third kappa shape index (κ3) is 5.78. The van der Waals surface area contributed by atoms with E-state index < -0.39 is 0 Å². The summed E-state index contributed by atoms with van der Waals surface area (Å²) < 4.78 is 5.73. The predicted molar refractivity (Wildman–Crippen MR) is 116 cm³/mol. The lowest BCUT2D eigenvalue weighted by atomic mass is 10.1. The maximum absolute atomic E-state index is 5.73. The van der Waals surface area contributed by atoms with E-state index in [4.69, 9.17) is 4.74 Å². The number of rotatable bonds is 7. The number of guanidine groups is 1. The number of aliphatic imine (C=N–C) groups is 1. The molecule has 3 unspecified atom stereocenters. The highest BCUT2D eigenvalue weighted by atomic mass is 32.1. The summed E-state index contributed by atoms with van der Waals surface area (Å²) in [4.78, 5) is 9.72. The van der Waals surface area contributed by atoms with Gasteiger partial charge < -0.3 is 15.4 Å². The van der Waals surface area contributed by atoms with Crippen LogP contribution >= 0.6 is 22.7 Å². The molecule has 7 heteroatoms. The fourth-order valence-corrected chi connectivity index (χ4v) is 5.00. The standard InChI is InChI=1S/C20H30N4OS2/c1-15(18-6-4-10-26-18)12-22-20(21-3)23-13-17(19-7-5-11-27-19)24-8-9-25-16(2)14-24/h4-7,10-11,15-17H,8-9,12-14H2,1-3H3,(H2,21,22,23). The summed E-state index contributed by atoms with van der Waals surface area (Å²) in [5.74, 6) is 1.33. The highest BCUT2D eigenvalue weighted by Crippen LogP contribution is 2.26. The van der Waals surface area contributed by atoms with Crippen LogP contribution < -0.4 is 10.6 Å². The van der Waals surface area contributed by atoms with Crippen molar-refractivity contribution in [1.29, 1.82) is 0 Å². The van der Waals surface area contributed by atoms with Gasteiger partial charge in [-0.05, 0) is 29.8 Å². The fraction of sp³-hybridized carbons (Fsp3) is 0.550. The number of thiophene rings is 2. The SMILES string of the molecule is CN=C(NCC(C)c1cccs1)NCC(c1cccs1)N1CCOC(C)C1. The van der Waals surface area contributed by atoms with Crippen molar-refractivity contribution in [2.45, 2.75) is 31.9 Å². The minimum Gasteiger partial charge on any atom is -0.376 e. The zero-order valence-corrected chi connectivity index (χ0v) is 18.0. The molecule has 1 saturated heterocycles. The zero-order valence-electron chi connectivity index (χ0n) is 16.4. The van der Waals surface area contributed by atoms with Gasteiger partial charge >= 0.3 is 0 Å². The van der Waals surface area contributed by atoms with E-state index in [9.17, 15) is 0 Å². The van der Waals surface area contributed by atoms with Crippen LogP contribution in [-0.4, -0.2) is 56.8 Å². The van der Waals surface area contributed by atoms with Crippen molar-refractivity contribution in [2.24, 2.45) is 4.99 Å². The van der Waals surface area contributed by atoms with Crippen LogP contribution in [-0.2, 0) is 4.74 Å². The molecular formula is C20H30N4OS2. The van der Waals surface area contributed by atoms with Gasteiger partial charge in [-0.2, -0.15) is 0 Å². The Morgan fingerprint density at radius 1 is 1.22 bits per heavy atom. The summed E-state index contributed by atoms with van der Waals surface area (Å²) in [6.07, 6.45) is 0.283. The number of ether oxygens (including phenoxy) is 1. The minimum atomic E-state index is 0.283. The Labute approximate surface area is 170 Å². The van der Waals surface area contributed by atoms with Crippen molar-refractivity contribution in [3.63, 3.8) is 0 Å². The van der Waals surface area contributed by atoms with Crippen LogP contribution in [0.3, 0.4) is 0 Å². The van der Waals surface area contributed by atoms with Gasteiger partial charge in [-0.1, -0.05) is 19.1 Å². The first-order chi connectivity index (χ1) is 13.2. The lowest BCUT2D eigenvalue weighted by Crippen LogP contribution is -2.48. The van der Waals surface area contributed by atoms with E-state index >= 15 is 0 Å². The number of hydrogen-bond acceptors (Lipinski definition) is 5. The summed E-state index contributed by atoms with van der Waals surface area (Å²) in [6.45, 7) is 8.84. The highest BCUT2D eigenvalue weighted by Gasteiger charge is 2.26. The number of nitrogens with zero attached hydrogens (tertiary/aromatic N) is 2. The smallest absolute Gasteiger partial charge is 0.191 e. The molecule has 1 aliphatic rings. The summed E-state index contributed by atoms with van der Waals surface area (Å²) in [7, 11) is 1.84. The van der Waals surface area contributed by atoms with E-state index in [0.29, 0.717) is 12.0 Å². The first-order valence-corrected chi connectivity index (χ1v) is 11.3. The predicted octanol–water partition coefficient (Wildman–Crippen LogP) is 3.54. The average molecular weight is 407 g/mol. The third-order valence-corrected chi connectivity index (χ3v) is 6.95. The van der Waals surface area contributed by atoms with Crippen molar-refractivity contribution in [3.05, 3.63) is 44.8 Å². The van der Waals surface area contributed by atoms with Crippen LogP contribution in [0.4, 0.5) is 0 Å². The maximum Gasteiger partial charge on any atom is 0.191 e. The third-order valence-electron chi connectivity index (χ3n) is 4.88. The highest BCUT2D eigenvalue weighted by molar-refractivity contribution is 7.10. The Morgan fingerprint density at radius 3 is 2.56 bits per heavy atom. The topological polar surface area (TPSA) is 48.9 Å². The van der Waals surface area contributed by atoms with E-state index in [1.54, 1.807) is 0 Å². The van der Waals surface area contributed by atoms with E-state index in [1.165, 1.54) is 9.75 Å². The average Bonchev–Trinajstić information content (AvgIpc) is 3.38. The molecule has 2 aromatic heterocycles. The molecule has 148 valence electrons. The van der Waals surface area contributed by atoms with Gasteiger partial charge in [-0.3, -0.25) is 9.89 Å². The van der Waals surface area contributed by atoms with Gasteiger partial charge in [0.25, 0.3) is 0 Å². The first kappa shape index (κ1) is 20.3. The molecule has 2 N–H and O–H groups in total. The summed E-state index contributed by atoms with van der Waals surface area (Å²) >= 11 is 3.63. The van der Waals surface area contributed by atoms with Gasteiger partial charge in [-0.15, -0.1) is 22.7 Å². The Hall–Kier alpha value is -1.41. The fourth-order valence-electron chi connectivity index (χ4n) is 3.35. The van der Waals surface area contributed by atoms with Gasteiger partial charge in [0.05, 0.1) is 18.8 Å². The quantitative estimate of drug-likeness (QED) is 0.545. The van der Waals surface area contributed by atoms with E-state index in [0.717, 1.165) is 38.7 Å². The van der Waals surface area contributed by atoms with Crippen LogP contribution in [0.25, 0.3) is 0 Å². The molecule has 1 fully saturated rings. The molecule has 1 aliphatic heterocycles. The summed E-state index contributed by atoms with van der Waals surface area (Å²) in [5.41, 5.74) is 0. The number of morpholine rings is 1. The molecule has 0 amide bonds. The molecule has 0 aliphatic carbocycles. The van der Waals surface area contributed by atoms with E-state index in [1.807, 2.05) is 29.7 Å². The lowest BCUT2D eigenvalue weighted by molar-refractivity contribution is -0.0334. The van der Waals surface area contributed by atoms with Crippen molar-refractivity contribution in [2.75, 3.05) is 39.8 Å². The van der Waals surface area contributed by atoms with Crippen LogP contribution in [0.2, 0.25) is 0 Å². The second-order valence-electron chi connectivity index (χ2n) is 6.96. The van der Waals surface area contributed by atoms with Crippen molar-refractivity contribution in [3.8, 4) is 0 Å². The van der Waals surface area contributed by atoms with Gasteiger partial charge in [0.2, 0.25) is 0 Å². The largest absolute Gasteiger partial charge is 0.376 e. The summed E-state index contributed by atoms with van der Waals surface area (Å²) in [5, 5.41) is 11.3. The maximum atomic E-state index is 5.73. The molecule has 0 aromatic carbocycles. The number of nitrogens with one attached hydrogen (secondary N) is 2. The molecule has 2 aromatic rings. The van der Waals surface area contributed by atoms with E-state index in [2.05, 4.69) is 69.4 Å². The van der Waals surface area contributed by atoms with Crippen LogP contribution in [0.5, 0.6) is 0 Å². The molecule has 3 heterocycles. The minimum absolute atomic E-state index is 0.283. The van der Waals surface area contributed by atoms with Gasteiger partial charge in [-0.25, -0.2) is 0 Å². The molecule has 0 spiro atoms. The Bertz CT molecular complexity index is 687. The molecule has 3 atom stereocenters. The second-order valence-corrected chi connectivity index (χ2v) is 8.92. The normalized spacial score (nSPS) is 21.0. The van der Waals surface area contributed by atoms with Crippen LogP contribution in [0, 0.1) is 0 Å². The number of hydrogen-bond donors (Lipinski definition) is 2. The van der Waals surface area contributed by atoms with Gasteiger partial charge in [0.1, 0.15) is 0 Å².